The summed E-state index contributed by atoms with van der Waals surface area (Å²) in [5, 5.41) is 1.54. The number of H-pyrrole nitrogens is 2. The van der Waals surface area contributed by atoms with Gasteiger partial charge in [0.15, 0.2) is 0 Å². The van der Waals surface area contributed by atoms with Gasteiger partial charge in [-0.05, 0) is 44.0 Å². The minimum atomic E-state index is -1.13. The van der Waals surface area contributed by atoms with Crippen LogP contribution in [0.1, 0.15) is 11.1 Å². The number of rotatable bonds is 8. The summed E-state index contributed by atoms with van der Waals surface area (Å²) in [6.45, 7) is 0. The number of carbonyl (C=O) groups is 3. The third-order valence-corrected chi connectivity index (χ3v) is 6.36. The van der Waals surface area contributed by atoms with Crippen molar-refractivity contribution < 1.29 is 14.4 Å². The van der Waals surface area contributed by atoms with Crippen LogP contribution in [0.5, 0.6) is 0 Å². The molecular formula is C25H22Br2N6O3. The smallest absolute Gasteiger partial charge is 0.272 e. The average molecular weight is 614 g/mol. The summed E-state index contributed by atoms with van der Waals surface area (Å²) in [5.74, 6) is -2.97. The molecule has 0 aliphatic heterocycles. The lowest BCUT2D eigenvalue weighted by molar-refractivity contribution is -0.140. The Balaban J connectivity index is 1.68. The number of halogens is 2. The van der Waals surface area contributed by atoms with Gasteiger partial charge in [-0.1, -0.05) is 0 Å². The van der Waals surface area contributed by atoms with Crippen LogP contribution in [0.15, 0.2) is 58.0 Å². The summed E-state index contributed by atoms with van der Waals surface area (Å²) in [5.41, 5.74) is 3.56. The third kappa shape index (κ3) is 5.02. The van der Waals surface area contributed by atoms with Crippen molar-refractivity contribution in [3.8, 4) is 0 Å². The molecule has 0 aliphatic carbocycles. The fraction of sp³-hybridized carbons (Fsp3) is 0.160. The van der Waals surface area contributed by atoms with Crippen molar-refractivity contribution >= 4 is 82.7 Å². The molecule has 4 aromatic heterocycles. The van der Waals surface area contributed by atoms with E-state index in [-0.39, 0.29) is 0 Å². The third-order valence-electron chi connectivity index (χ3n) is 5.49. The maximum Gasteiger partial charge on any atom is 0.272 e. The number of carbonyl (C=O) groups excluding carboxylic acids is 3. The quantitative estimate of drug-likeness (QED) is 0.174. The van der Waals surface area contributed by atoms with Gasteiger partial charge in [-0.2, -0.15) is 0 Å². The second-order valence-corrected chi connectivity index (χ2v) is 10.2. The standard InChI is InChI=1S/C25H22Br2N6O3/c1-32(2)19(17-11-30-24-15(17)5-13(26)9-28-24)7-21(34)23(36)22(35)8-20(33(3)4)18-12-31-25-16(18)6-14(27)10-29-25/h5-12H,1-4H3,(H,28,30)(H,29,31). The van der Waals surface area contributed by atoms with E-state index in [2.05, 4.69) is 51.8 Å². The molecule has 0 bridgehead atoms. The number of aromatic nitrogens is 4. The number of aromatic amines is 2. The minimum absolute atomic E-state index is 0.469. The lowest BCUT2D eigenvalue weighted by Gasteiger charge is -2.17. The van der Waals surface area contributed by atoms with E-state index in [0.717, 1.165) is 19.7 Å². The summed E-state index contributed by atoms with van der Waals surface area (Å²) in [6, 6.07) is 3.73. The van der Waals surface area contributed by atoms with Crippen LogP contribution < -0.4 is 0 Å². The van der Waals surface area contributed by atoms with Gasteiger partial charge >= 0.3 is 0 Å². The van der Waals surface area contributed by atoms with Gasteiger partial charge in [0, 0.05) is 107 Å². The predicted octanol–water partition coefficient (Wildman–Crippen LogP) is 4.18. The predicted molar refractivity (Wildman–Crippen MR) is 146 cm³/mol. The zero-order valence-corrected chi connectivity index (χ0v) is 23.1. The maximum atomic E-state index is 12.9. The number of hydrogen-bond donors (Lipinski definition) is 2. The first-order chi connectivity index (χ1) is 17.1. The summed E-state index contributed by atoms with van der Waals surface area (Å²) < 4.78 is 1.54. The Hall–Kier alpha value is -3.57. The lowest BCUT2D eigenvalue weighted by atomic mass is 10.0. The summed E-state index contributed by atoms with van der Waals surface area (Å²) in [4.78, 5) is 56.8. The van der Waals surface area contributed by atoms with Gasteiger partial charge in [-0.25, -0.2) is 9.97 Å². The van der Waals surface area contributed by atoms with E-state index in [1.807, 2.05) is 12.1 Å². The number of allylic oxidation sites excluding steroid dienone is 2. The summed E-state index contributed by atoms with van der Waals surface area (Å²) in [7, 11) is 7.01. The van der Waals surface area contributed by atoms with Crippen molar-refractivity contribution in [2.24, 2.45) is 0 Å². The number of pyridine rings is 2. The van der Waals surface area contributed by atoms with Gasteiger partial charge in [0.1, 0.15) is 11.3 Å². The molecule has 0 saturated heterocycles. The molecule has 0 fully saturated rings. The average Bonchev–Trinajstić information content (AvgIpc) is 3.43. The van der Waals surface area contributed by atoms with Crippen LogP contribution in [-0.2, 0) is 14.4 Å². The molecule has 0 atom stereocenters. The van der Waals surface area contributed by atoms with E-state index in [4.69, 9.17) is 0 Å². The van der Waals surface area contributed by atoms with Gasteiger partial charge < -0.3 is 19.8 Å². The zero-order valence-electron chi connectivity index (χ0n) is 19.9. The van der Waals surface area contributed by atoms with Crippen molar-refractivity contribution in [1.82, 2.24) is 29.7 Å². The number of fused-ring (bicyclic) bond motifs is 2. The molecule has 0 saturated carbocycles. The molecular weight excluding hydrogens is 592 g/mol. The SMILES string of the molecule is CN(C)C(=CC(=O)C(=O)C(=O)C=C(c1c[nH]c2ncc(Br)cc12)N(C)C)c1c[nH]c2ncc(Br)cc12. The normalized spacial score (nSPS) is 12.3. The Bertz CT molecular complexity index is 1460. The molecule has 0 amide bonds. The minimum Gasteiger partial charge on any atom is -0.377 e. The first kappa shape index (κ1) is 25.5. The first-order valence-electron chi connectivity index (χ1n) is 10.7. The topological polar surface area (TPSA) is 115 Å². The highest BCUT2D eigenvalue weighted by Gasteiger charge is 2.24. The number of nitrogens with zero attached hydrogens (tertiary/aromatic N) is 4. The molecule has 2 N–H and O–H groups in total. The lowest BCUT2D eigenvalue weighted by Crippen LogP contribution is -2.24. The van der Waals surface area contributed by atoms with E-state index >= 15 is 0 Å². The van der Waals surface area contributed by atoms with E-state index in [1.165, 1.54) is 12.2 Å². The largest absolute Gasteiger partial charge is 0.377 e. The molecule has 36 heavy (non-hydrogen) atoms. The molecule has 0 spiro atoms. The highest BCUT2D eigenvalue weighted by atomic mass is 79.9. The van der Waals surface area contributed by atoms with Gasteiger partial charge in [-0.15, -0.1) is 0 Å². The van der Waals surface area contributed by atoms with Gasteiger partial charge in [0.2, 0.25) is 11.6 Å². The molecule has 4 rings (SSSR count). The molecule has 0 unspecified atom stereocenters. The Labute approximate surface area is 223 Å². The Morgan fingerprint density at radius 2 is 1.14 bits per heavy atom. The molecule has 9 nitrogen and oxygen atoms in total. The fourth-order valence-corrected chi connectivity index (χ4v) is 4.44. The Morgan fingerprint density at radius 3 is 1.50 bits per heavy atom. The molecule has 11 heteroatoms. The zero-order chi connectivity index (χ0) is 26.1. The molecule has 0 aliphatic rings. The van der Waals surface area contributed by atoms with E-state index in [1.54, 1.807) is 62.8 Å². The Kier molecular flexibility index (Phi) is 7.23. The molecule has 4 aromatic rings. The van der Waals surface area contributed by atoms with Crippen LogP contribution in [0, 0.1) is 0 Å². The van der Waals surface area contributed by atoms with Crippen LogP contribution in [-0.4, -0.2) is 75.3 Å². The van der Waals surface area contributed by atoms with Gasteiger partial charge in [0.05, 0.1) is 0 Å². The summed E-state index contributed by atoms with van der Waals surface area (Å²) in [6.07, 6.45) is 9.10. The van der Waals surface area contributed by atoms with Crippen LogP contribution in [0.4, 0.5) is 0 Å². The van der Waals surface area contributed by atoms with Crippen LogP contribution in [0.3, 0.4) is 0 Å². The second kappa shape index (κ2) is 10.2. The van der Waals surface area contributed by atoms with Gasteiger partial charge in [-0.3, -0.25) is 14.4 Å². The van der Waals surface area contributed by atoms with Crippen LogP contribution >= 0.6 is 31.9 Å². The molecule has 4 heterocycles. The first-order valence-corrected chi connectivity index (χ1v) is 12.3. The van der Waals surface area contributed by atoms with Crippen molar-refractivity contribution in [3.63, 3.8) is 0 Å². The highest BCUT2D eigenvalue weighted by Crippen LogP contribution is 2.29. The number of Topliss-reactive ketones (excluding diaryl/α,β-unsaturated/α-hetero) is 1. The molecule has 184 valence electrons. The van der Waals surface area contributed by atoms with Crippen LogP contribution in [0.2, 0.25) is 0 Å². The fourth-order valence-electron chi connectivity index (χ4n) is 3.78. The van der Waals surface area contributed by atoms with Crippen LogP contribution in [0.25, 0.3) is 33.5 Å². The van der Waals surface area contributed by atoms with Crippen molar-refractivity contribution in [2.75, 3.05) is 28.2 Å². The second-order valence-electron chi connectivity index (χ2n) is 8.41. The molecule has 0 aromatic carbocycles. The number of hydrogen-bond acceptors (Lipinski definition) is 7. The Morgan fingerprint density at radius 1 is 0.750 bits per heavy atom. The monoisotopic (exact) mass is 612 g/mol. The van der Waals surface area contributed by atoms with E-state index in [0.29, 0.717) is 33.8 Å². The van der Waals surface area contributed by atoms with Crippen molar-refractivity contribution in [1.29, 1.82) is 0 Å². The van der Waals surface area contributed by atoms with E-state index in [9.17, 15) is 14.4 Å². The van der Waals surface area contributed by atoms with Gasteiger partial charge in [0.25, 0.3) is 5.78 Å². The van der Waals surface area contributed by atoms with E-state index < -0.39 is 17.3 Å². The van der Waals surface area contributed by atoms with Crippen molar-refractivity contribution in [2.45, 2.75) is 0 Å². The molecule has 0 radical (unpaired) electrons. The number of ketones is 3. The maximum absolute atomic E-state index is 12.9. The number of nitrogens with one attached hydrogen (secondary N) is 2. The van der Waals surface area contributed by atoms with Crippen molar-refractivity contribution in [3.05, 3.63) is 69.1 Å². The summed E-state index contributed by atoms with van der Waals surface area (Å²) >= 11 is 6.81. The highest BCUT2D eigenvalue weighted by molar-refractivity contribution is 9.10.